The van der Waals surface area contributed by atoms with Gasteiger partial charge in [-0.05, 0) is 47.4 Å². The first-order valence-corrected chi connectivity index (χ1v) is 9.21. The van der Waals surface area contributed by atoms with Gasteiger partial charge in [-0.2, -0.15) is 0 Å². The highest BCUT2D eigenvalue weighted by Gasteiger charge is 2.17. The SMILES string of the molecule is CC(C)(C)c1ccc(S(=O)(=O)Nc2ccc(OCC(N)=O)cc2)cc1. The number of anilines is 1. The van der Waals surface area contributed by atoms with Crippen LogP contribution in [0.1, 0.15) is 26.3 Å². The normalized spacial score (nSPS) is 11.8. The van der Waals surface area contributed by atoms with Crippen molar-refractivity contribution in [2.75, 3.05) is 11.3 Å². The molecule has 0 fully saturated rings. The van der Waals surface area contributed by atoms with Crippen LogP contribution < -0.4 is 15.2 Å². The number of carbonyl (C=O) groups excluding carboxylic acids is 1. The number of benzene rings is 2. The fourth-order valence-electron chi connectivity index (χ4n) is 2.12. The van der Waals surface area contributed by atoms with E-state index in [-0.39, 0.29) is 16.9 Å². The van der Waals surface area contributed by atoms with Crippen LogP contribution in [-0.4, -0.2) is 20.9 Å². The Morgan fingerprint density at radius 1 is 1.04 bits per heavy atom. The third-order valence-electron chi connectivity index (χ3n) is 3.52. The lowest BCUT2D eigenvalue weighted by atomic mass is 9.87. The molecule has 0 aliphatic heterocycles. The summed E-state index contributed by atoms with van der Waals surface area (Å²) in [7, 11) is -3.68. The van der Waals surface area contributed by atoms with Crippen LogP contribution in [0.5, 0.6) is 5.75 Å². The molecule has 2 aromatic rings. The Morgan fingerprint density at radius 3 is 2.08 bits per heavy atom. The molecule has 0 unspecified atom stereocenters. The number of ether oxygens (including phenoxy) is 1. The maximum atomic E-state index is 12.5. The summed E-state index contributed by atoms with van der Waals surface area (Å²) < 4.78 is 32.6. The summed E-state index contributed by atoms with van der Waals surface area (Å²) >= 11 is 0. The molecule has 7 heteroatoms. The minimum atomic E-state index is -3.68. The number of nitrogens with two attached hydrogens (primary N) is 1. The maximum absolute atomic E-state index is 12.5. The highest BCUT2D eigenvalue weighted by Crippen LogP contribution is 2.24. The lowest BCUT2D eigenvalue weighted by Gasteiger charge is -2.19. The molecule has 134 valence electrons. The molecule has 0 spiro atoms. The zero-order chi connectivity index (χ0) is 18.7. The Morgan fingerprint density at radius 2 is 1.60 bits per heavy atom. The second-order valence-corrected chi connectivity index (χ2v) is 8.34. The van der Waals surface area contributed by atoms with Crippen LogP contribution >= 0.6 is 0 Å². The molecule has 0 aliphatic rings. The topological polar surface area (TPSA) is 98.5 Å². The van der Waals surface area contributed by atoms with Crippen molar-refractivity contribution < 1.29 is 17.9 Å². The van der Waals surface area contributed by atoms with Gasteiger partial charge in [-0.3, -0.25) is 9.52 Å². The van der Waals surface area contributed by atoms with E-state index in [2.05, 4.69) is 25.5 Å². The van der Waals surface area contributed by atoms with Crippen molar-refractivity contribution in [1.29, 1.82) is 0 Å². The van der Waals surface area contributed by atoms with E-state index < -0.39 is 15.9 Å². The summed E-state index contributed by atoms with van der Waals surface area (Å²) in [6.45, 7) is 5.97. The lowest BCUT2D eigenvalue weighted by molar-refractivity contribution is -0.119. The van der Waals surface area contributed by atoms with Gasteiger partial charge < -0.3 is 10.5 Å². The van der Waals surface area contributed by atoms with Gasteiger partial charge >= 0.3 is 0 Å². The first-order chi connectivity index (χ1) is 11.6. The number of primary amides is 1. The molecule has 3 N–H and O–H groups in total. The van der Waals surface area contributed by atoms with Crippen molar-refractivity contribution in [3.8, 4) is 5.75 Å². The van der Waals surface area contributed by atoms with Crippen LogP contribution in [0.2, 0.25) is 0 Å². The molecule has 6 nitrogen and oxygen atoms in total. The number of carbonyl (C=O) groups is 1. The van der Waals surface area contributed by atoms with Gasteiger partial charge in [-0.15, -0.1) is 0 Å². The van der Waals surface area contributed by atoms with Gasteiger partial charge in [0.15, 0.2) is 6.61 Å². The fourth-order valence-corrected chi connectivity index (χ4v) is 3.18. The summed E-state index contributed by atoms with van der Waals surface area (Å²) in [5.41, 5.74) is 6.41. The number of amides is 1. The van der Waals surface area contributed by atoms with E-state index in [0.717, 1.165) is 5.56 Å². The lowest BCUT2D eigenvalue weighted by Crippen LogP contribution is -2.20. The van der Waals surface area contributed by atoms with Crippen LogP contribution in [0.3, 0.4) is 0 Å². The third-order valence-corrected chi connectivity index (χ3v) is 4.92. The van der Waals surface area contributed by atoms with E-state index in [0.29, 0.717) is 11.4 Å². The standard InChI is InChI=1S/C18H22N2O4S/c1-18(2,3)13-4-10-16(11-5-13)25(22,23)20-14-6-8-15(9-7-14)24-12-17(19)21/h4-11,20H,12H2,1-3H3,(H2,19,21). The summed E-state index contributed by atoms with van der Waals surface area (Å²) in [6, 6.07) is 13.0. The summed E-state index contributed by atoms with van der Waals surface area (Å²) in [5.74, 6) is -0.153. The Balaban J connectivity index is 2.11. The molecule has 0 saturated carbocycles. The number of hydrogen-bond donors (Lipinski definition) is 2. The minimum Gasteiger partial charge on any atom is -0.484 e. The molecule has 2 rings (SSSR count). The first kappa shape index (κ1) is 18.8. The van der Waals surface area contributed by atoms with Crippen LogP contribution in [0.4, 0.5) is 5.69 Å². The van der Waals surface area contributed by atoms with E-state index in [1.807, 2.05) is 12.1 Å². The molecule has 25 heavy (non-hydrogen) atoms. The molecular formula is C18H22N2O4S. The average Bonchev–Trinajstić information content (AvgIpc) is 2.53. The maximum Gasteiger partial charge on any atom is 0.261 e. The highest BCUT2D eigenvalue weighted by molar-refractivity contribution is 7.92. The van der Waals surface area contributed by atoms with Gasteiger partial charge in [-0.1, -0.05) is 32.9 Å². The monoisotopic (exact) mass is 362 g/mol. The summed E-state index contributed by atoms with van der Waals surface area (Å²) in [4.78, 5) is 10.9. The zero-order valence-electron chi connectivity index (χ0n) is 14.4. The Bertz CT molecular complexity index is 836. The highest BCUT2D eigenvalue weighted by atomic mass is 32.2. The Labute approximate surface area is 148 Å². The summed E-state index contributed by atoms with van der Waals surface area (Å²) in [5, 5.41) is 0. The van der Waals surface area contributed by atoms with E-state index in [9.17, 15) is 13.2 Å². The largest absolute Gasteiger partial charge is 0.484 e. The van der Waals surface area contributed by atoms with Crippen molar-refractivity contribution in [3.63, 3.8) is 0 Å². The molecule has 0 radical (unpaired) electrons. The number of nitrogens with one attached hydrogen (secondary N) is 1. The van der Waals surface area contributed by atoms with Crippen molar-refractivity contribution >= 4 is 21.6 Å². The van der Waals surface area contributed by atoms with Crippen molar-refractivity contribution in [2.45, 2.75) is 31.1 Å². The van der Waals surface area contributed by atoms with Crippen LogP contribution in [0, 0.1) is 0 Å². The van der Waals surface area contributed by atoms with Gasteiger partial charge in [0.1, 0.15) is 5.75 Å². The predicted octanol–water partition coefficient (Wildman–Crippen LogP) is 2.65. The molecule has 2 aromatic carbocycles. The van der Waals surface area contributed by atoms with Gasteiger partial charge in [0.05, 0.1) is 4.90 Å². The molecule has 0 heterocycles. The van der Waals surface area contributed by atoms with Crippen molar-refractivity contribution in [2.24, 2.45) is 5.73 Å². The second kappa shape index (κ2) is 7.14. The average molecular weight is 362 g/mol. The smallest absolute Gasteiger partial charge is 0.261 e. The molecule has 0 bridgehead atoms. The second-order valence-electron chi connectivity index (χ2n) is 6.66. The van der Waals surface area contributed by atoms with Crippen LogP contribution in [0.15, 0.2) is 53.4 Å². The quantitative estimate of drug-likeness (QED) is 0.825. The van der Waals surface area contributed by atoms with Crippen molar-refractivity contribution in [3.05, 3.63) is 54.1 Å². The van der Waals surface area contributed by atoms with Crippen LogP contribution in [0.25, 0.3) is 0 Å². The number of sulfonamides is 1. The number of hydrogen-bond acceptors (Lipinski definition) is 4. The molecule has 1 amide bonds. The Hall–Kier alpha value is -2.54. The van der Waals surface area contributed by atoms with E-state index in [1.54, 1.807) is 36.4 Å². The van der Waals surface area contributed by atoms with Crippen LogP contribution in [-0.2, 0) is 20.2 Å². The van der Waals surface area contributed by atoms with E-state index in [1.165, 1.54) is 0 Å². The van der Waals surface area contributed by atoms with Gasteiger partial charge in [0, 0.05) is 5.69 Å². The molecule has 0 aliphatic carbocycles. The van der Waals surface area contributed by atoms with E-state index in [4.69, 9.17) is 10.5 Å². The molecule has 0 saturated heterocycles. The number of rotatable bonds is 6. The first-order valence-electron chi connectivity index (χ1n) is 7.72. The van der Waals surface area contributed by atoms with Gasteiger partial charge in [0.25, 0.3) is 15.9 Å². The van der Waals surface area contributed by atoms with Gasteiger partial charge in [-0.25, -0.2) is 8.42 Å². The predicted molar refractivity (Wildman–Crippen MR) is 97.1 cm³/mol. The van der Waals surface area contributed by atoms with E-state index >= 15 is 0 Å². The Kier molecular flexibility index (Phi) is 5.37. The van der Waals surface area contributed by atoms with Gasteiger partial charge in [0.2, 0.25) is 0 Å². The zero-order valence-corrected chi connectivity index (χ0v) is 15.3. The third kappa shape index (κ3) is 5.22. The van der Waals surface area contributed by atoms with Crippen molar-refractivity contribution in [1.82, 2.24) is 0 Å². The fraction of sp³-hybridized carbons (Fsp3) is 0.278. The molecule has 0 atom stereocenters. The molecule has 0 aromatic heterocycles. The summed E-state index contributed by atoms with van der Waals surface area (Å²) in [6.07, 6.45) is 0. The minimum absolute atomic E-state index is 0.0452. The molecular weight excluding hydrogens is 340 g/mol.